The van der Waals surface area contributed by atoms with Gasteiger partial charge in [0.15, 0.2) is 0 Å². The van der Waals surface area contributed by atoms with Gasteiger partial charge in [0.1, 0.15) is 12.1 Å². The largest absolute Gasteiger partial charge is 0.394 e. The van der Waals surface area contributed by atoms with Crippen LogP contribution in [-0.2, 0) is 6.42 Å². The Kier molecular flexibility index (Phi) is 4.75. The maximum Gasteiger partial charge on any atom is 0.130 e. The van der Waals surface area contributed by atoms with Gasteiger partial charge in [-0.1, -0.05) is 20.3 Å². The number of nitrogens with zero attached hydrogens (tertiary/aromatic N) is 2. The van der Waals surface area contributed by atoms with Crippen LogP contribution in [0.3, 0.4) is 0 Å². The zero-order valence-corrected chi connectivity index (χ0v) is 12.0. The molecule has 4 heteroatoms. The number of rotatable bonds is 5. The Labute approximate surface area is 115 Å². The summed E-state index contributed by atoms with van der Waals surface area (Å²) in [6.45, 7) is 4.60. The van der Waals surface area contributed by atoms with Crippen molar-refractivity contribution in [1.29, 1.82) is 0 Å². The minimum Gasteiger partial charge on any atom is -0.394 e. The molecule has 0 radical (unpaired) electrons. The molecule has 1 saturated carbocycles. The number of aromatic nitrogens is 2. The van der Waals surface area contributed by atoms with Gasteiger partial charge in [-0.05, 0) is 38.0 Å². The van der Waals surface area contributed by atoms with Crippen LogP contribution in [0.4, 0.5) is 5.82 Å². The Morgan fingerprint density at radius 3 is 2.74 bits per heavy atom. The monoisotopic (exact) mass is 263 g/mol. The second-order valence-electron chi connectivity index (χ2n) is 5.89. The zero-order valence-electron chi connectivity index (χ0n) is 12.0. The van der Waals surface area contributed by atoms with Crippen molar-refractivity contribution < 1.29 is 5.11 Å². The summed E-state index contributed by atoms with van der Waals surface area (Å²) in [5, 5.41) is 13.2. The fourth-order valence-corrected chi connectivity index (χ4v) is 2.77. The Hall–Kier alpha value is -1.16. The Morgan fingerprint density at radius 1 is 1.37 bits per heavy atom. The van der Waals surface area contributed by atoms with E-state index in [1.807, 2.05) is 6.07 Å². The molecule has 4 nitrogen and oxygen atoms in total. The van der Waals surface area contributed by atoms with Crippen molar-refractivity contribution in [3.8, 4) is 0 Å². The van der Waals surface area contributed by atoms with E-state index in [0.29, 0.717) is 0 Å². The van der Waals surface area contributed by atoms with E-state index >= 15 is 0 Å². The van der Waals surface area contributed by atoms with Gasteiger partial charge in [0.05, 0.1) is 12.1 Å². The summed E-state index contributed by atoms with van der Waals surface area (Å²) < 4.78 is 0. The molecular weight excluding hydrogens is 238 g/mol. The van der Waals surface area contributed by atoms with Gasteiger partial charge in [-0.3, -0.25) is 0 Å². The second kappa shape index (κ2) is 6.33. The molecule has 0 saturated heterocycles. The molecule has 0 amide bonds. The van der Waals surface area contributed by atoms with Crippen LogP contribution >= 0.6 is 0 Å². The maximum absolute atomic E-state index is 9.76. The third-order valence-corrected chi connectivity index (χ3v) is 4.16. The third-order valence-electron chi connectivity index (χ3n) is 4.16. The first kappa shape index (κ1) is 14.3. The molecule has 1 aliphatic carbocycles. The molecule has 106 valence electrons. The van der Waals surface area contributed by atoms with Crippen molar-refractivity contribution >= 4 is 5.82 Å². The lowest BCUT2D eigenvalue weighted by Gasteiger charge is -2.39. The number of nitrogens with one attached hydrogen (secondary N) is 1. The van der Waals surface area contributed by atoms with Crippen molar-refractivity contribution in [2.24, 2.45) is 5.92 Å². The van der Waals surface area contributed by atoms with Crippen LogP contribution in [0.25, 0.3) is 0 Å². The van der Waals surface area contributed by atoms with E-state index in [2.05, 4.69) is 29.1 Å². The van der Waals surface area contributed by atoms with E-state index in [1.165, 1.54) is 12.8 Å². The molecule has 1 fully saturated rings. The Morgan fingerprint density at radius 2 is 2.11 bits per heavy atom. The van der Waals surface area contributed by atoms with Crippen LogP contribution in [0.2, 0.25) is 0 Å². The van der Waals surface area contributed by atoms with Crippen LogP contribution in [0.15, 0.2) is 12.4 Å². The predicted octanol–water partition coefficient (Wildman–Crippen LogP) is 2.78. The lowest BCUT2D eigenvalue weighted by Crippen LogP contribution is -2.45. The molecular formula is C15H25N3O. The van der Waals surface area contributed by atoms with E-state index in [0.717, 1.165) is 43.1 Å². The number of aryl methyl sites for hydroxylation is 1. The molecule has 1 heterocycles. The molecule has 0 aromatic carbocycles. The minimum atomic E-state index is -0.190. The smallest absolute Gasteiger partial charge is 0.130 e. The molecule has 19 heavy (non-hydrogen) atoms. The van der Waals surface area contributed by atoms with Crippen molar-refractivity contribution in [3.05, 3.63) is 18.1 Å². The first-order chi connectivity index (χ1) is 9.17. The van der Waals surface area contributed by atoms with Crippen LogP contribution in [0.1, 0.15) is 51.6 Å². The predicted molar refractivity (Wildman–Crippen MR) is 77.1 cm³/mol. The highest BCUT2D eigenvalue weighted by atomic mass is 16.3. The van der Waals surface area contributed by atoms with Crippen molar-refractivity contribution in [2.45, 2.75) is 57.9 Å². The van der Waals surface area contributed by atoms with Gasteiger partial charge < -0.3 is 10.4 Å². The van der Waals surface area contributed by atoms with Gasteiger partial charge >= 0.3 is 0 Å². The lowest BCUT2D eigenvalue weighted by atomic mass is 9.77. The molecule has 0 spiro atoms. The molecule has 0 unspecified atom stereocenters. The van der Waals surface area contributed by atoms with Crippen LogP contribution < -0.4 is 5.32 Å². The molecule has 1 aromatic heterocycles. The van der Waals surface area contributed by atoms with Crippen LogP contribution in [0, 0.1) is 5.92 Å². The number of hydrogen-bond acceptors (Lipinski definition) is 4. The van der Waals surface area contributed by atoms with Gasteiger partial charge in [0.25, 0.3) is 0 Å². The number of aliphatic hydroxyl groups excluding tert-OH is 1. The van der Waals surface area contributed by atoms with Crippen molar-refractivity contribution in [3.63, 3.8) is 0 Å². The van der Waals surface area contributed by atoms with E-state index in [-0.39, 0.29) is 12.1 Å². The number of hydrogen-bond donors (Lipinski definition) is 2. The van der Waals surface area contributed by atoms with E-state index in [1.54, 1.807) is 6.33 Å². The highest BCUT2D eigenvalue weighted by molar-refractivity contribution is 5.38. The van der Waals surface area contributed by atoms with Gasteiger partial charge in [-0.15, -0.1) is 0 Å². The summed E-state index contributed by atoms with van der Waals surface area (Å²) in [4.78, 5) is 8.56. The maximum atomic E-state index is 9.76. The molecule has 0 aliphatic heterocycles. The molecule has 1 aliphatic rings. The highest BCUT2D eigenvalue weighted by Crippen LogP contribution is 2.33. The average molecular weight is 263 g/mol. The molecule has 0 bridgehead atoms. The van der Waals surface area contributed by atoms with E-state index in [4.69, 9.17) is 0 Å². The highest BCUT2D eigenvalue weighted by Gasteiger charge is 2.33. The molecule has 0 atom stereocenters. The van der Waals surface area contributed by atoms with Gasteiger partial charge in [-0.2, -0.15) is 0 Å². The summed E-state index contributed by atoms with van der Waals surface area (Å²) in [5.74, 6) is 1.62. The standard InChI is InChI=1S/C15H25N3O/c1-3-4-13-9-14(17-11-16-13)18-15(10-19)7-5-12(2)6-8-15/h9,11-12,19H,3-8,10H2,1-2H3,(H,16,17,18). The minimum absolute atomic E-state index is 0.173. The third kappa shape index (κ3) is 3.66. The van der Waals surface area contributed by atoms with Gasteiger partial charge in [-0.25, -0.2) is 9.97 Å². The van der Waals surface area contributed by atoms with Gasteiger partial charge in [0, 0.05) is 11.8 Å². The zero-order chi connectivity index (χ0) is 13.7. The lowest BCUT2D eigenvalue weighted by molar-refractivity contribution is 0.155. The summed E-state index contributed by atoms with van der Waals surface area (Å²) in [7, 11) is 0. The van der Waals surface area contributed by atoms with Crippen molar-refractivity contribution in [1.82, 2.24) is 9.97 Å². The second-order valence-corrected chi connectivity index (χ2v) is 5.89. The fourth-order valence-electron chi connectivity index (χ4n) is 2.77. The summed E-state index contributed by atoms with van der Waals surface area (Å²) >= 11 is 0. The topological polar surface area (TPSA) is 58.0 Å². The Balaban J connectivity index is 2.07. The summed E-state index contributed by atoms with van der Waals surface area (Å²) in [6.07, 6.45) is 8.03. The number of aliphatic hydroxyl groups is 1. The fraction of sp³-hybridized carbons (Fsp3) is 0.733. The quantitative estimate of drug-likeness (QED) is 0.857. The molecule has 2 rings (SSSR count). The first-order valence-corrected chi connectivity index (χ1v) is 7.37. The molecule has 1 aromatic rings. The first-order valence-electron chi connectivity index (χ1n) is 7.37. The van der Waals surface area contributed by atoms with E-state index < -0.39 is 0 Å². The Bertz CT molecular complexity index is 400. The normalized spacial score (nSPS) is 27.2. The average Bonchev–Trinajstić information content (AvgIpc) is 2.43. The molecule has 2 N–H and O–H groups in total. The summed E-state index contributed by atoms with van der Waals surface area (Å²) in [5.41, 5.74) is 0.877. The number of anilines is 1. The van der Waals surface area contributed by atoms with Crippen LogP contribution in [0.5, 0.6) is 0 Å². The van der Waals surface area contributed by atoms with Crippen LogP contribution in [-0.4, -0.2) is 27.2 Å². The van der Waals surface area contributed by atoms with E-state index in [9.17, 15) is 5.11 Å². The SMILES string of the molecule is CCCc1cc(NC2(CO)CCC(C)CC2)ncn1. The van der Waals surface area contributed by atoms with Crippen molar-refractivity contribution in [2.75, 3.05) is 11.9 Å². The van der Waals surface area contributed by atoms with Gasteiger partial charge in [0.2, 0.25) is 0 Å². The summed E-state index contributed by atoms with van der Waals surface area (Å²) in [6, 6.07) is 2.01.